The molecule has 4 nitrogen and oxygen atoms in total. The van der Waals surface area contributed by atoms with Crippen LogP contribution < -0.4 is 5.32 Å². The zero-order valence-corrected chi connectivity index (χ0v) is 13.8. The Hall–Kier alpha value is -0.910. The molecule has 1 N–H and O–H groups in total. The van der Waals surface area contributed by atoms with Gasteiger partial charge in [-0.25, -0.2) is 0 Å². The number of hydrogen-bond donors (Lipinski definition) is 1. The van der Waals surface area contributed by atoms with E-state index in [-0.39, 0.29) is 17.6 Å². The van der Waals surface area contributed by atoms with Crippen molar-refractivity contribution in [2.45, 2.75) is 17.9 Å². The smallest absolute Gasteiger partial charge is 0.244 e. The summed E-state index contributed by atoms with van der Waals surface area (Å²) in [5.74, 6) is -0.134. The highest BCUT2D eigenvalue weighted by atomic mass is 35.5. The third-order valence-corrected chi connectivity index (χ3v) is 4.18. The number of carbonyl (C=O) groups excluding carboxylic acids is 2. The number of carbonyl (C=O) groups is 2. The molecule has 110 valence electrons. The molecule has 0 aliphatic rings. The molecule has 1 atom stereocenters. The van der Waals surface area contributed by atoms with E-state index >= 15 is 0 Å². The summed E-state index contributed by atoms with van der Waals surface area (Å²) < 4.78 is 0. The van der Waals surface area contributed by atoms with Crippen molar-refractivity contribution >= 4 is 46.8 Å². The molecule has 0 saturated heterocycles. The minimum atomic E-state index is -0.535. The second-order valence-electron chi connectivity index (χ2n) is 4.39. The topological polar surface area (TPSA) is 49.4 Å². The fourth-order valence-electron chi connectivity index (χ4n) is 1.45. The van der Waals surface area contributed by atoms with Gasteiger partial charge in [0.1, 0.15) is 6.04 Å². The number of nitrogens with one attached hydrogen (secondary N) is 1. The van der Waals surface area contributed by atoms with E-state index in [1.807, 2.05) is 0 Å². The Kier molecular flexibility index (Phi) is 6.65. The van der Waals surface area contributed by atoms with Crippen molar-refractivity contribution < 1.29 is 9.59 Å². The molecule has 2 amide bonds. The second kappa shape index (κ2) is 7.76. The fourth-order valence-corrected chi connectivity index (χ4v) is 2.56. The predicted molar refractivity (Wildman–Crippen MR) is 83.5 cm³/mol. The van der Waals surface area contributed by atoms with Gasteiger partial charge >= 0.3 is 0 Å². The summed E-state index contributed by atoms with van der Waals surface area (Å²) >= 11 is 13.0. The van der Waals surface area contributed by atoms with Gasteiger partial charge in [-0.2, -0.15) is 0 Å². The summed E-state index contributed by atoms with van der Waals surface area (Å²) in [6.45, 7) is 1.66. The second-order valence-corrected chi connectivity index (χ2v) is 6.25. The first-order valence-corrected chi connectivity index (χ1v) is 7.63. The normalized spacial score (nSPS) is 11.8. The Morgan fingerprint density at radius 1 is 1.30 bits per heavy atom. The van der Waals surface area contributed by atoms with E-state index in [1.165, 1.54) is 16.7 Å². The van der Waals surface area contributed by atoms with Crippen LogP contribution in [-0.4, -0.2) is 42.6 Å². The molecule has 0 aromatic heterocycles. The summed E-state index contributed by atoms with van der Waals surface area (Å²) in [5, 5.41) is 3.58. The van der Waals surface area contributed by atoms with Crippen molar-refractivity contribution in [3.05, 3.63) is 28.2 Å². The van der Waals surface area contributed by atoms with E-state index in [0.29, 0.717) is 10.0 Å². The first-order valence-electron chi connectivity index (χ1n) is 5.89. The summed E-state index contributed by atoms with van der Waals surface area (Å²) in [6, 6.07) is 4.64. The van der Waals surface area contributed by atoms with E-state index in [0.717, 1.165) is 4.90 Å². The Bertz CT molecular complexity index is 509. The number of likely N-dealkylation sites (N-methyl/N-ethyl adjacent to an activating group) is 1. The lowest BCUT2D eigenvalue weighted by molar-refractivity contribution is -0.133. The van der Waals surface area contributed by atoms with E-state index in [1.54, 1.807) is 39.2 Å². The van der Waals surface area contributed by atoms with Gasteiger partial charge in [-0.3, -0.25) is 9.59 Å². The molecule has 1 rings (SSSR count). The van der Waals surface area contributed by atoms with Crippen LogP contribution in [0.5, 0.6) is 0 Å². The summed E-state index contributed by atoms with van der Waals surface area (Å²) in [5.41, 5.74) is 0. The van der Waals surface area contributed by atoms with Gasteiger partial charge in [-0.15, -0.1) is 11.8 Å². The maximum atomic E-state index is 11.7. The van der Waals surface area contributed by atoms with Crippen LogP contribution in [0.15, 0.2) is 23.1 Å². The third kappa shape index (κ3) is 5.23. The monoisotopic (exact) mass is 334 g/mol. The van der Waals surface area contributed by atoms with E-state index in [9.17, 15) is 9.59 Å². The quantitative estimate of drug-likeness (QED) is 0.842. The number of rotatable bonds is 5. The summed E-state index contributed by atoms with van der Waals surface area (Å²) in [6.07, 6.45) is 0. The van der Waals surface area contributed by atoms with Crippen LogP contribution >= 0.6 is 35.0 Å². The van der Waals surface area contributed by atoms with Crippen LogP contribution in [0, 0.1) is 0 Å². The molecule has 7 heteroatoms. The first kappa shape index (κ1) is 17.1. The van der Waals surface area contributed by atoms with Gasteiger partial charge < -0.3 is 10.2 Å². The van der Waals surface area contributed by atoms with Crippen LogP contribution in [0.25, 0.3) is 0 Å². The average molecular weight is 335 g/mol. The van der Waals surface area contributed by atoms with Gasteiger partial charge in [0.2, 0.25) is 11.8 Å². The van der Waals surface area contributed by atoms with Gasteiger partial charge in [-0.1, -0.05) is 23.2 Å². The molecular weight excluding hydrogens is 319 g/mol. The van der Waals surface area contributed by atoms with Crippen molar-refractivity contribution in [3.8, 4) is 0 Å². The zero-order chi connectivity index (χ0) is 15.3. The molecule has 20 heavy (non-hydrogen) atoms. The standard InChI is InChI=1S/C13H16Cl2N2O2S/c1-8(13(19)17(2)3)16-12(18)7-20-9-4-5-10(14)11(15)6-9/h4-6,8H,7H2,1-3H3,(H,16,18)/t8-/m1/s1. The molecule has 0 saturated carbocycles. The van der Waals surface area contributed by atoms with Crippen LogP contribution in [0.2, 0.25) is 10.0 Å². The minimum absolute atomic E-state index is 0.141. The van der Waals surface area contributed by atoms with Crippen LogP contribution in [0.3, 0.4) is 0 Å². The van der Waals surface area contributed by atoms with Crippen LogP contribution in [0.4, 0.5) is 0 Å². The lowest BCUT2D eigenvalue weighted by Crippen LogP contribution is -2.44. The molecule has 1 aromatic rings. The number of nitrogens with zero attached hydrogens (tertiary/aromatic N) is 1. The SMILES string of the molecule is C[C@@H](NC(=O)CSc1ccc(Cl)c(Cl)c1)C(=O)N(C)C. The number of benzene rings is 1. The van der Waals surface area contributed by atoms with E-state index in [2.05, 4.69) is 5.32 Å². The Morgan fingerprint density at radius 2 is 1.95 bits per heavy atom. The van der Waals surface area contributed by atoms with Gasteiger partial charge in [0.25, 0.3) is 0 Å². The van der Waals surface area contributed by atoms with Crippen LogP contribution in [0.1, 0.15) is 6.92 Å². The fraction of sp³-hybridized carbons (Fsp3) is 0.385. The molecule has 0 heterocycles. The van der Waals surface area contributed by atoms with E-state index < -0.39 is 6.04 Å². The molecule has 0 radical (unpaired) electrons. The number of amides is 2. The maximum absolute atomic E-state index is 11.7. The molecular formula is C13H16Cl2N2O2S. The predicted octanol–water partition coefficient (Wildman–Crippen LogP) is 2.68. The highest BCUT2D eigenvalue weighted by Gasteiger charge is 2.17. The molecule has 0 aliphatic carbocycles. The molecule has 0 spiro atoms. The molecule has 1 aromatic carbocycles. The summed E-state index contributed by atoms with van der Waals surface area (Å²) in [7, 11) is 3.30. The molecule has 0 unspecified atom stereocenters. The van der Waals surface area contributed by atoms with Gasteiger partial charge in [0.05, 0.1) is 15.8 Å². The van der Waals surface area contributed by atoms with Crippen molar-refractivity contribution in [1.29, 1.82) is 0 Å². The highest BCUT2D eigenvalue weighted by molar-refractivity contribution is 8.00. The van der Waals surface area contributed by atoms with Gasteiger partial charge in [0, 0.05) is 19.0 Å². The lowest BCUT2D eigenvalue weighted by atomic mass is 10.3. The third-order valence-electron chi connectivity index (χ3n) is 2.45. The van der Waals surface area contributed by atoms with Gasteiger partial charge in [0.15, 0.2) is 0 Å². The number of hydrogen-bond acceptors (Lipinski definition) is 3. The Labute approximate surface area is 132 Å². The maximum Gasteiger partial charge on any atom is 0.244 e. The highest BCUT2D eigenvalue weighted by Crippen LogP contribution is 2.27. The first-order chi connectivity index (χ1) is 9.31. The molecule has 0 fully saturated rings. The van der Waals surface area contributed by atoms with Crippen molar-refractivity contribution in [3.63, 3.8) is 0 Å². The van der Waals surface area contributed by atoms with Gasteiger partial charge in [-0.05, 0) is 25.1 Å². The van der Waals surface area contributed by atoms with Crippen molar-refractivity contribution in [2.75, 3.05) is 19.8 Å². The lowest BCUT2D eigenvalue weighted by Gasteiger charge is -2.17. The van der Waals surface area contributed by atoms with E-state index in [4.69, 9.17) is 23.2 Å². The number of halogens is 2. The van der Waals surface area contributed by atoms with Crippen molar-refractivity contribution in [2.24, 2.45) is 0 Å². The summed E-state index contributed by atoms with van der Waals surface area (Å²) in [4.78, 5) is 25.6. The largest absolute Gasteiger partial charge is 0.347 e. The zero-order valence-electron chi connectivity index (χ0n) is 11.4. The van der Waals surface area contributed by atoms with Crippen molar-refractivity contribution in [1.82, 2.24) is 10.2 Å². The Balaban J connectivity index is 2.47. The molecule has 0 bridgehead atoms. The van der Waals surface area contributed by atoms with Crippen LogP contribution in [-0.2, 0) is 9.59 Å². The average Bonchev–Trinajstić information content (AvgIpc) is 2.39. The Morgan fingerprint density at radius 3 is 2.50 bits per heavy atom. The number of thioether (sulfide) groups is 1. The minimum Gasteiger partial charge on any atom is -0.347 e. The molecule has 0 aliphatic heterocycles.